The highest BCUT2D eigenvalue weighted by molar-refractivity contribution is 5.94. The summed E-state index contributed by atoms with van der Waals surface area (Å²) in [6, 6.07) is 6.47. The summed E-state index contributed by atoms with van der Waals surface area (Å²) < 4.78 is 15.5. The molecule has 0 spiro atoms. The third kappa shape index (κ3) is 4.77. The zero-order valence-corrected chi connectivity index (χ0v) is 14.0. The first kappa shape index (κ1) is 17.9. The molecule has 8 nitrogen and oxygen atoms in total. The van der Waals surface area contributed by atoms with Crippen LogP contribution in [0.3, 0.4) is 0 Å². The lowest BCUT2D eigenvalue weighted by Gasteiger charge is -2.13. The summed E-state index contributed by atoms with van der Waals surface area (Å²) in [7, 11) is 2.87. The van der Waals surface area contributed by atoms with Crippen LogP contribution >= 0.6 is 0 Å². The molecule has 1 N–H and O–H groups in total. The van der Waals surface area contributed by atoms with Gasteiger partial charge < -0.3 is 14.2 Å². The molecule has 0 saturated carbocycles. The molecule has 25 heavy (non-hydrogen) atoms. The van der Waals surface area contributed by atoms with Crippen molar-refractivity contribution in [2.75, 3.05) is 14.2 Å². The van der Waals surface area contributed by atoms with Gasteiger partial charge in [0.05, 0.1) is 26.0 Å². The van der Waals surface area contributed by atoms with Gasteiger partial charge in [0.25, 0.3) is 5.91 Å². The summed E-state index contributed by atoms with van der Waals surface area (Å²) in [5, 5.41) is 3.89. The largest absolute Gasteiger partial charge is 0.493 e. The Morgan fingerprint density at radius 1 is 1.20 bits per heavy atom. The maximum atomic E-state index is 11.9. The van der Waals surface area contributed by atoms with Crippen molar-refractivity contribution in [1.29, 1.82) is 0 Å². The van der Waals surface area contributed by atoms with Gasteiger partial charge in [-0.1, -0.05) is 0 Å². The number of carbonyl (C=O) groups excluding carboxylic acids is 2. The average Bonchev–Trinajstić information content (AvgIpc) is 2.62. The highest BCUT2D eigenvalue weighted by atomic mass is 16.6. The van der Waals surface area contributed by atoms with Gasteiger partial charge in [-0.25, -0.2) is 5.43 Å². The van der Waals surface area contributed by atoms with E-state index in [0.29, 0.717) is 22.6 Å². The summed E-state index contributed by atoms with van der Waals surface area (Å²) in [5.74, 6) is -0.111. The monoisotopic (exact) mass is 343 g/mol. The minimum Gasteiger partial charge on any atom is -0.493 e. The van der Waals surface area contributed by atoms with E-state index >= 15 is 0 Å². The molecule has 2 rings (SSSR count). The summed E-state index contributed by atoms with van der Waals surface area (Å²) in [5.41, 5.74) is 3.36. The number of methoxy groups -OCH3 is 2. The minimum absolute atomic E-state index is 0.175. The third-order valence-electron chi connectivity index (χ3n) is 3.03. The molecule has 0 unspecified atom stereocenters. The van der Waals surface area contributed by atoms with Crippen LogP contribution < -0.4 is 19.6 Å². The summed E-state index contributed by atoms with van der Waals surface area (Å²) >= 11 is 0. The van der Waals surface area contributed by atoms with Crippen LogP contribution in [0.2, 0.25) is 0 Å². The number of hydrazone groups is 1. The Bertz CT molecular complexity index is 765. The van der Waals surface area contributed by atoms with E-state index in [1.165, 1.54) is 33.6 Å². The van der Waals surface area contributed by atoms with Gasteiger partial charge in [-0.3, -0.25) is 14.6 Å². The normalized spacial score (nSPS) is 10.4. The van der Waals surface area contributed by atoms with Gasteiger partial charge in [-0.2, -0.15) is 5.10 Å². The Balaban J connectivity index is 2.19. The lowest BCUT2D eigenvalue weighted by atomic mass is 10.2. The standard InChI is InChI=1S/C17H17N3O5/c1-11(21)25-16-14(23-2)7-12(8-15(16)24-3)9-19-20-17(22)13-5-4-6-18-10-13/h4-10H,1-3H3,(H,20,22)/b19-9-. The number of benzene rings is 1. The molecule has 0 saturated heterocycles. The lowest BCUT2D eigenvalue weighted by molar-refractivity contribution is -0.132. The van der Waals surface area contributed by atoms with Gasteiger partial charge >= 0.3 is 5.97 Å². The Labute approximate surface area is 144 Å². The number of carbonyl (C=O) groups is 2. The molecular formula is C17H17N3O5. The summed E-state index contributed by atoms with van der Waals surface area (Å²) in [4.78, 5) is 27.0. The number of nitrogens with zero attached hydrogens (tertiary/aromatic N) is 2. The number of hydrogen-bond donors (Lipinski definition) is 1. The molecule has 8 heteroatoms. The van der Waals surface area contributed by atoms with Crippen LogP contribution in [0, 0.1) is 0 Å². The van der Waals surface area contributed by atoms with E-state index in [1.807, 2.05) is 0 Å². The molecule has 0 radical (unpaired) electrons. The van der Waals surface area contributed by atoms with Crippen molar-refractivity contribution < 1.29 is 23.8 Å². The van der Waals surface area contributed by atoms with Gasteiger partial charge in [0.2, 0.25) is 5.75 Å². The van der Waals surface area contributed by atoms with Crippen molar-refractivity contribution in [1.82, 2.24) is 10.4 Å². The number of amides is 1. The first-order chi connectivity index (χ1) is 12.0. The van der Waals surface area contributed by atoms with E-state index in [0.717, 1.165) is 0 Å². The van der Waals surface area contributed by atoms with Crippen molar-refractivity contribution in [2.45, 2.75) is 6.92 Å². The topological polar surface area (TPSA) is 99.1 Å². The van der Waals surface area contributed by atoms with Gasteiger partial charge in [0.15, 0.2) is 11.5 Å². The van der Waals surface area contributed by atoms with Crippen molar-refractivity contribution in [3.63, 3.8) is 0 Å². The van der Waals surface area contributed by atoms with E-state index in [4.69, 9.17) is 14.2 Å². The fourth-order valence-corrected chi connectivity index (χ4v) is 1.95. The third-order valence-corrected chi connectivity index (χ3v) is 3.03. The van der Waals surface area contributed by atoms with Gasteiger partial charge in [0.1, 0.15) is 0 Å². The maximum Gasteiger partial charge on any atom is 0.308 e. The fraction of sp³-hybridized carbons (Fsp3) is 0.176. The Kier molecular flexibility index (Phi) is 6.05. The zero-order chi connectivity index (χ0) is 18.2. The number of esters is 1. The van der Waals surface area contributed by atoms with Crippen LogP contribution in [0.1, 0.15) is 22.8 Å². The number of nitrogens with one attached hydrogen (secondary N) is 1. The molecule has 1 amide bonds. The molecule has 1 heterocycles. The van der Waals surface area contributed by atoms with Gasteiger partial charge in [-0.05, 0) is 24.3 Å². The van der Waals surface area contributed by atoms with E-state index in [2.05, 4.69) is 15.5 Å². The second-order valence-electron chi connectivity index (χ2n) is 4.79. The number of pyridine rings is 1. The Morgan fingerprint density at radius 2 is 1.88 bits per heavy atom. The highest BCUT2D eigenvalue weighted by Gasteiger charge is 2.15. The first-order valence-corrected chi connectivity index (χ1v) is 7.23. The molecule has 0 bridgehead atoms. The number of hydrogen-bond acceptors (Lipinski definition) is 7. The van der Waals surface area contributed by atoms with Crippen LogP contribution in [0.25, 0.3) is 0 Å². The first-order valence-electron chi connectivity index (χ1n) is 7.23. The maximum absolute atomic E-state index is 11.9. The summed E-state index contributed by atoms with van der Waals surface area (Å²) in [6.45, 7) is 1.28. The van der Waals surface area contributed by atoms with Crippen LogP contribution in [0.15, 0.2) is 41.8 Å². The van der Waals surface area contributed by atoms with E-state index in [-0.39, 0.29) is 11.7 Å². The molecule has 0 fully saturated rings. The Morgan fingerprint density at radius 3 is 2.40 bits per heavy atom. The van der Waals surface area contributed by atoms with Crippen LogP contribution in [0.4, 0.5) is 0 Å². The molecular weight excluding hydrogens is 326 g/mol. The quantitative estimate of drug-likeness (QED) is 0.371. The fourth-order valence-electron chi connectivity index (χ4n) is 1.95. The molecule has 0 aliphatic carbocycles. The summed E-state index contributed by atoms with van der Waals surface area (Å²) in [6.07, 6.45) is 4.42. The Hall–Kier alpha value is -3.42. The zero-order valence-electron chi connectivity index (χ0n) is 14.0. The van der Waals surface area contributed by atoms with Crippen LogP contribution in [-0.2, 0) is 4.79 Å². The molecule has 0 atom stereocenters. The van der Waals surface area contributed by atoms with Crippen molar-refractivity contribution >= 4 is 18.1 Å². The van der Waals surface area contributed by atoms with E-state index in [9.17, 15) is 9.59 Å². The number of rotatable bonds is 6. The van der Waals surface area contributed by atoms with Gasteiger partial charge in [0, 0.05) is 24.9 Å². The van der Waals surface area contributed by atoms with Crippen LogP contribution in [0.5, 0.6) is 17.2 Å². The lowest BCUT2D eigenvalue weighted by Crippen LogP contribution is -2.17. The molecule has 130 valence electrons. The second-order valence-corrected chi connectivity index (χ2v) is 4.79. The number of ether oxygens (including phenoxy) is 3. The minimum atomic E-state index is -0.498. The van der Waals surface area contributed by atoms with Crippen molar-refractivity contribution in [2.24, 2.45) is 5.10 Å². The molecule has 0 aliphatic rings. The smallest absolute Gasteiger partial charge is 0.308 e. The molecule has 1 aromatic heterocycles. The van der Waals surface area contributed by atoms with E-state index in [1.54, 1.807) is 30.5 Å². The predicted octanol–water partition coefficient (Wildman–Crippen LogP) is 1.79. The predicted molar refractivity (Wildman–Crippen MR) is 90.2 cm³/mol. The SMILES string of the molecule is COc1cc(/C=N\NC(=O)c2cccnc2)cc(OC)c1OC(C)=O. The van der Waals surface area contributed by atoms with E-state index < -0.39 is 5.97 Å². The molecule has 2 aromatic rings. The second kappa shape index (κ2) is 8.44. The van der Waals surface area contributed by atoms with Crippen molar-refractivity contribution in [3.05, 3.63) is 47.8 Å². The average molecular weight is 343 g/mol. The molecule has 0 aliphatic heterocycles. The molecule has 1 aromatic carbocycles. The number of aromatic nitrogens is 1. The van der Waals surface area contributed by atoms with Crippen LogP contribution in [-0.4, -0.2) is 37.3 Å². The highest BCUT2D eigenvalue weighted by Crippen LogP contribution is 2.38. The van der Waals surface area contributed by atoms with Crippen molar-refractivity contribution in [3.8, 4) is 17.2 Å². The van der Waals surface area contributed by atoms with Gasteiger partial charge in [-0.15, -0.1) is 0 Å².